The minimum atomic E-state index is -5.35. The number of hydrogen-bond donors (Lipinski definition) is 3. The Labute approximate surface area is 253 Å². The molecule has 1 fully saturated rings. The Balaban J connectivity index is 1.51. The number of nitrogens with one attached hydrogen (secondary N) is 3. The van der Waals surface area contributed by atoms with E-state index in [0.717, 1.165) is 6.07 Å². The van der Waals surface area contributed by atoms with Gasteiger partial charge in [-0.25, -0.2) is 8.78 Å². The van der Waals surface area contributed by atoms with E-state index >= 15 is 0 Å². The maximum atomic E-state index is 14.3. The lowest BCUT2D eigenvalue weighted by atomic mass is 10.1. The van der Waals surface area contributed by atoms with Gasteiger partial charge in [-0.2, -0.15) is 13.2 Å². The van der Waals surface area contributed by atoms with Crippen LogP contribution in [0.1, 0.15) is 21.8 Å². The Morgan fingerprint density at radius 2 is 1.37 bits per heavy atom. The van der Waals surface area contributed by atoms with E-state index < -0.39 is 63.1 Å². The molecule has 4 rings (SSSR count). The molecule has 0 aliphatic heterocycles. The molecule has 6 nitrogen and oxygen atoms in total. The summed E-state index contributed by atoms with van der Waals surface area (Å²) in [5, 5.41) is 6.22. The molecule has 3 aromatic carbocycles. The highest BCUT2D eigenvalue weighted by molar-refractivity contribution is 6.53. The first-order chi connectivity index (χ1) is 19.0. The molecule has 216 valence electrons. The summed E-state index contributed by atoms with van der Waals surface area (Å²) < 4.78 is 64.4. The van der Waals surface area contributed by atoms with Crippen molar-refractivity contribution in [3.63, 3.8) is 0 Å². The van der Waals surface area contributed by atoms with Crippen molar-refractivity contribution in [2.24, 2.45) is 5.92 Å². The van der Waals surface area contributed by atoms with Crippen LogP contribution in [0.5, 0.6) is 0 Å². The fourth-order valence-corrected chi connectivity index (χ4v) is 5.23. The predicted molar refractivity (Wildman–Crippen MR) is 146 cm³/mol. The van der Waals surface area contributed by atoms with Crippen molar-refractivity contribution in [3.8, 4) is 0 Å². The second kappa shape index (κ2) is 11.4. The SMILES string of the molecule is O=C(Nc1cc(NC(=O)C(F)(F)F)c(F)cc1F)c1cc(NC(=O)[C@H]2[C@H](c3ccc(Cl)c(Cl)c3)C2(Cl)Cl)ccc1Cl. The first-order valence-corrected chi connectivity index (χ1v) is 13.0. The Morgan fingerprint density at radius 1 is 0.756 bits per heavy atom. The lowest BCUT2D eigenvalue weighted by Gasteiger charge is -2.13. The van der Waals surface area contributed by atoms with E-state index in [4.69, 9.17) is 58.0 Å². The van der Waals surface area contributed by atoms with Crippen molar-refractivity contribution in [1.82, 2.24) is 0 Å². The molecule has 0 unspecified atom stereocenters. The first-order valence-electron chi connectivity index (χ1n) is 11.1. The zero-order chi connectivity index (χ0) is 30.4. The summed E-state index contributed by atoms with van der Waals surface area (Å²) in [5.41, 5.74) is -1.48. The topological polar surface area (TPSA) is 87.3 Å². The number of anilines is 3. The van der Waals surface area contributed by atoms with Crippen LogP contribution in [0.3, 0.4) is 0 Å². The van der Waals surface area contributed by atoms with Gasteiger partial charge in [-0.1, -0.05) is 40.9 Å². The Kier molecular flexibility index (Phi) is 8.69. The molecule has 3 aromatic rings. The van der Waals surface area contributed by atoms with Gasteiger partial charge in [0.2, 0.25) is 5.91 Å². The zero-order valence-corrected chi connectivity index (χ0v) is 23.6. The summed E-state index contributed by atoms with van der Waals surface area (Å²) in [6, 6.07) is 9.01. The summed E-state index contributed by atoms with van der Waals surface area (Å²) >= 11 is 30.8. The average molecular weight is 676 g/mol. The first kappa shape index (κ1) is 31.1. The number of rotatable bonds is 6. The second-order valence-electron chi connectivity index (χ2n) is 8.71. The molecule has 2 atom stereocenters. The van der Waals surface area contributed by atoms with Crippen molar-refractivity contribution in [1.29, 1.82) is 0 Å². The lowest BCUT2D eigenvalue weighted by molar-refractivity contribution is -0.167. The minimum Gasteiger partial charge on any atom is -0.326 e. The van der Waals surface area contributed by atoms with E-state index in [0.29, 0.717) is 16.7 Å². The molecule has 0 heterocycles. The van der Waals surface area contributed by atoms with Crippen LogP contribution in [0.25, 0.3) is 0 Å². The van der Waals surface area contributed by atoms with Gasteiger partial charge in [0.05, 0.1) is 37.9 Å². The normalized spacial score (nSPS) is 17.5. The molecule has 3 amide bonds. The largest absolute Gasteiger partial charge is 0.471 e. The maximum Gasteiger partial charge on any atom is 0.471 e. The van der Waals surface area contributed by atoms with E-state index in [1.165, 1.54) is 29.6 Å². The lowest BCUT2D eigenvalue weighted by Crippen LogP contribution is -2.30. The van der Waals surface area contributed by atoms with Gasteiger partial charge in [0.25, 0.3) is 5.91 Å². The van der Waals surface area contributed by atoms with Crippen molar-refractivity contribution in [2.75, 3.05) is 16.0 Å². The van der Waals surface area contributed by atoms with Crippen LogP contribution in [0, 0.1) is 17.6 Å². The molecule has 0 aromatic heterocycles. The Morgan fingerprint density at radius 3 is 1.98 bits per heavy atom. The van der Waals surface area contributed by atoms with Crippen LogP contribution in [-0.4, -0.2) is 28.2 Å². The van der Waals surface area contributed by atoms with Crippen molar-refractivity contribution in [3.05, 3.63) is 86.4 Å². The number of carbonyl (C=O) groups is 3. The molecule has 3 N–H and O–H groups in total. The summed E-state index contributed by atoms with van der Waals surface area (Å²) in [6.07, 6.45) is -5.35. The molecule has 41 heavy (non-hydrogen) atoms. The fraction of sp³-hybridized carbons (Fsp3) is 0.160. The van der Waals surface area contributed by atoms with Crippen molar-refractivity contribution in [2.45, 2.75) is 16.4 Å². The monoisotopic (exact) mass is 673 g/mol. The van der Waals surface area contributed by atoms with Gasteiger partial charge in [0, 0.05) is 17.7 Å². The molecule has 1 saturated carbocycles. The van der Waals surface area contributed by atoms with Gasteiger partial charge < -0.3 is 16.0 Å². The number of alkyl halides is 5. The number of amides is 3. The molecular weight excluding hydrogens is 663 g/mol. The van der Waals surface area contributed by atoms with Crippen LogP contribution >= 0.6 is 58.0 Å². The van der Waals surface area contributed by atoms with Gasteiger partial charge in [0.1, 0.15) is 16.0 Å². The second-order valence-corrected chi connectivity index (χ2v) is 11.4. The molecule has 0 bridgehead atoms. The van der Waals surface area contributed by atoms with Gasteiger partial charge >= 0.3 is 12.1 Å². The highest BCUT2D eigenvalue weighted by atomic mass is 35.5. The van der Waals surface area contributed by atoms with E-state index in [9.17, 15) is 36.3 Å². The van der Waals surface area contributed by atoms with Crippen LogP contribution in [-0.2, 0) is 9.59 Å². The number of halogens is 10. The average Bonchev–Trinajstić information content (AvgIpc) is 3.46. The summed E-state index contributed by atoms with van der Waals surface area (Å²) in [7, 11) is 0. The third kappa shape index (κ3) is 6.65. The standard InChI is InChI=1S/C25H13Cl5F5N3O3/c26-12-4-2-10(36-22(40)20-19(24(20,29)30)9-1-3-13(27)14(28)5-9)6-11(12)21(39)37-17-8-18(16(32)7-15(17)31)38-23(41)25(33,34)35/h1-8,19-20H,(H,36,40)(H,37,39)(H,38,41)/t19-,20+/m0/s1. The molecule has 1 aliphatic carbocycles. The third-order valence-electron chi connectivity index (χ3n) is 5.93. The molecule has 16 heteroatoms. The zero-order valence-electron chi connectivity index (χ0n) is 19.8. The quantitative estimate of drug-likeness (QED) is 0.182. The van der Waals surface area contributed by atoms with Crippen molar-refractivity contribution >= 4 is 92.8 Å². The smallest absolute Gasteiger partial charge is 0.326 e. The highest BCUT2D eigenvalue weighted by Crippen LogP contribution is 2.65. The van der Waals surface area contributed by atoms with Crippen LogP contribution in [0.2, 0.25) is 15.1 Å². The number of benzene rings is 3. The summed E-state index contributed by atoms with van der Waals surface area (Å²) in [4.78, 5) is 37.0. The number of carbonyl (C=O) groups excluding carboxylic acids is 3. The molecule has 0 saturated heterocycles. The Hall–Kier alpha value is -2.83. The van der Waals surface area contributed by atoms with E-state index in [2.05, 4.69) is 5.32 Å². The molecular formula is C25H13Cl5F5N3O3. The van der Waals surface area contributed by atoms with Gasteiger partial charge in [-0.15, -0.1) is 23.2 Å². The van der Waals surface area contributed by atoms with Crippen LogP contribution < -0.4 is 16.0 Å². The van der Waals surface area contributed by atoms with Gasteiger partial charge in [0.15, 0.2) is 0 Å². The third-order valence-corrected chi connectivity index (χ3v) is 7.94. The predicted octanol–water partition coefficient (Wildman–Crippen LogP) is 8.20. The van der Waals surface area contributed by atoms with E-state index in [-0.39, 0.29) is 27.4 Å². The number of hydrogen-bond acceptors (Lipinski definition) is 3. The Bertz CT molecular complexity index is 1590. The van der Waals surface area contributed by atoms with Gasteiger partial charge in [-0.05, 0) is 42.0 Å². The molecule has 0 spiro atoms. The minimum absolute atomic E-state index is 0.0613. The van der Waals surface area contributed by atoms with Crippen LogP contribution in [0.15, 0.2) is 48.5 Å². The molecule has 1 aliphatic rings. The van der Waals surface area contributed by atoms with Crippen molar-refractivity contribution < 1.29 is 36.3 Å². The van der Waals surface area contributed by atoms with Gasteiger partial charge in [-0.3, -0.25) is 14.4 Å². The highest BCUT2D eigenvalue weighted by Gasteiger charge is 2.67. The maximum absolute atomic E-state index is 14.3. The van der Waals surface area contributed by atoms with Crippen LogP contribution in [0.4, 0.5) is 39.0 Å². The molecule has 0 radical (unpaired) electrons. The van der Waals surface area contributed by atoms with E-state index in [1.807, 2.05) is 5.32 Å². The summed E-state index contributed by atoms with van der Waals surface area (Å²) in [5.74, 6) is -8.64. The fourth-order valence-electron chi connectivity index (χ4n) is 3.89. The van der Waals surface area contributed by atoms with E-state index in [1.54, 1.807) is 6.07 Å². The summed E-state index contributed by atoms with van der Waals surface area (Å²) in [6.45, 7) is 0.